The van der Waals surface area contributed by atoms with Crippen molar-refractivity contribution in [1.82, 2.24) is 0 Å². The Morgan fingerprint density at radius 2 is 2.29 bits per heavy atom. The van der Waals surface area contributed by atoms with Crippen molar-refractivity contribution in [1.29, 1.82) is 5.26 Å². The normalized spacial score (nSPS) is 11.5. The zero-order chi connectivity index (χ0) is 12.8. The van der Waals surface area contributed by atoms with E-state index >= 15 is 0 Å². The summed E-state index contributed by atoms with van der Waals surface area (Å²) < 4.78 is 0. The van der Waals surface area contributed by atoms with E-state index in [1.807, 2.05) is 13.0 Å². The molecule has 0 saturated heterocycles. The van der Waals surface area contributed by atoms with Crippen molar-refractivity contribution in [2.24, 2.45) is 5.92 Å². The summed E-state index contributed by atoms with van der Waals surface area (Å²) in [5, 5.41) is 19.4. The number of nitro benzene ring substituents is 1. The van der Waals surface area contributed by atoms with Crippen LogP contribution in [0, 0.1) is 27.4 Å². The van der Waals surface area contributed by atoms with Crippen LogP contribution in [-0.4, -0.2) is 10.7 Å². The minimum Gasteiger partial charge on any atom is -0.293 e. The lowest BCUT2D eigenvalue weighted by Crippen LogP contribution is -2.12. The van der Waals surface area contributed by atoms with Crippen molar-refractivity contribution in [2.75, 3.05) is 0 Å². The predicted octanol–water partition coefficient (Wildman–Crippen LogP) is 2.72. The second-order valence-electron chi connectivity index (χ2n) is 3.64. The number of rotatable bonds is 5. The fraction of sp³-hybridized carbons (Fsp3) is 0.333. The SMILES string of the molecule is CCCC(C#N)C(=O)c1cccc([N+](=O)[O-])c1. The van der Waals surface area contributed by atoms with Crippen molar-refractivity contribution in [3.05, 3.63) is 39.9 Å². The van der Waals surface area contributed by atoms with Gasteiger partial charge >= 0.3 is 0 Å². The Balaban J connectivity index is 3.00. The summed E-state index contributed by atoms with van der Waals surface area (Å²) in [5.74, 6) is -1.07. The molecule has 1 rings (SSSR count). The van der Waals surface area contributed by atoms with E-state index in [2.05, 4.69) is 0 Å². The Kier molecular flexibility index (Phi) is 4.35. The summed E-state index contributed by atoms with van der Waals surface area (Å²) in [4.78, 5) is 21.9. The molecule has 0 saturated carbocycles. The first-order valence-electron chi connectivity index (χ1n) is 5.28. The van der Waals surface area contributed by atoms with Gasteiger partial charge in [0.05, 0.1) is 11.0 Å². The fourth-order valence-electron chi connectivity index (χ4n) is 1.52. The summed E-state index contributed by atoms with van der Waals surface area (Å²) in [6, 6.07) is 7.40. The first-order valence-corrected chi connectivity index (χ1v) is 5.28. The lowest BCUT2D eigenvalue weighted by atomic mass is 9.95. The quantitative estimate of drug-likeness (QED) is 0.444. The van der Waals surface area contributed by atoms with Gasteiger partial charge in [0, 0.05) is 17.7 Å². The van der Waals surface area contributed by atoms with Gasteiger partial charge in [0.1, 0.15) is 5.92 Å². The molecule has 0 amide bonds. The Hall–Kier alpha value is -2.22. The van der Waals surface area contributed by atoms with E-state index in [9.17, 15) is 14.9 Å². The predicted molar refractivity (Wildman–Crippen MR) is 61.4 cm³/mol. The number of hydrogen-bond donors (Lipinski definition) is 0. The Bertz CT molecular complexity index is 477. The van der Waals surface area contributed by atoms with Crippen molar-refractivity contribution in [2.45, 2.75) is 19.8 Å². The molecular weight excluding hydrogens is 220 g/mol. The van der Waals surface area contributed by atoms with Gasteiger partial charge in [-0.25, -0.2) is 0 Å². The molecular formula is C12H12N2O3. The van der Waals surface area contributed by atoms with E-state index in [0.29, 0.717) is 6.42 Å². The topological polar surface area (TPSA) is 84.0 Å². The average Bonchev–Trinajstić information content (AvgIpc) is 2.35. The summed E-state index contributed by atoms with van der Waals surface area (Å²) in [7, 11) is 0. The third-order valence-corrected chi connectivity index (χ3v) is 2.39. The number of nitro groups is 1. The summed E-state index contributed by atoms with van der Waals surface area (Å²) in [6.07, 6.45) is 1.19. The Labute approximate surface area is 98.8 Å². The fourth-order valence-corrected chi connectivity index (χ4v) is 1.52. The van der Waals surface area contributed by atoms with Crippen molar-refractivity contribution < 1.29 is 9.72 Å². The molecule has 0 heterocycles. The van der Waals surface area contributed by atoms with Crippen molar-refractivity contribution in [3.63, 3.8) is 0 Å². The number of nitrogens with zero attached hydrogens (tertiary/aromatic N) is 2. The van der Waals surface area contributed by atoms with Crippen LogP contribution in [0.4, 0.5) is 5.69 Å². The van der Waals surface area contributed by atoms with E-state index in [1.165, 1.54) is 24.3 Å². The van der Waals surface area contributed by atoms with Gasteiger partial charge in [0.25, 0.3) is 5.69 Å². The van der Waals surface area contributed by atoms with Gasteiger partial charge in [-0.05, 0) is 6.42 Å². The van der Waals surface area contributed by atoms with Crippen LogP contribution in [0.2, 0.25) is 0 Å². The molecule has 0 bridgehead atoms. The molecule has 5 heteroatoms. The minimum atomic E-state index is -0.720. The number of carbonyl (C=O) groups is 1. The van der Waals surface area contributed by atoms with Gasteiger partial charge in [0.2, 0.25) is 0 Å². The molecule has 5 nitrogen and oxygen atoms in total. The lowest BCUT2D eigenvalue weighted by molar-refractivity contribution is -0.384. The average molecular weight is 232 g/mol. The molecule has 0 spiro atoms. The highest BCUT2D eigenvalue weighted by Gasteiger charge is 2.20. The second-order valence-corrected chi connectivity index (χ2v) is 3.64. The molecule has 0 aliphatic heterocycles. The van der Waals surface area contributed by atoms with Crippen LogP contribution in [0.15, 0.2) is 24.3 Å². The molecule has 0 aliphatic rings. The molecule has 1 aromatic rings. The van der Waals surface area contributed by atoms with Gasteiger partial charge in [0.15, 0.2) is 5.78 Å². The van der Waals surface area contributed by atoms with Crippen molar-refractivity contribution >= 4 is 11.5 Å². The second kappa shape index (κ2) is 5.75. The first kappa shape index (κ1) is 12.8. The smallest absolute Gasteiger partial charge is 0.270 e. The van der Waals surface area contributed by atoms with Crippen LogP contribution in [-0.2, 0) is 0 Å². The maximum Gasteiger partial charge on any atom is 0.270 e. The molecule has 17 heavy (non-hydrogen) atoms. The largest absolute Gasteiger partial charge is 0.293 e. The standard InChI is InChI=1S/C12H12N2O3/c1-2-4-10(8-13)12(15)9-5-3-6-11(7-9)14(16)17/h3,5-7,10H,2,4H2,1H3. The van der Waals surface area contributed by atoms with Gasteiger partial charge in [-0.15, -0.1) is 0 Å². The van der Waals surface area contributed by atoms with E-state index < -0.39 is 10.8 Å². The molecule has 0 aromatic heterocycles. The van der Waals surface area contributed by atoms with Gasteiger partial charge in [-0.2, -0.15) is 5.26 Å². The highest BCUT2D eigenvalue weighted by molar-refractivity contribution is 5.99. The van der Waals surface area contributed by atoms with Crippen LogP contribution in [0.3, 0.4) is 0 Å². The maximum atomic E-state index is 11.9. The molecule has 1 aromatic carbocycles. The summed E-state index contributed by atoms with van der Waals surface area (Å²) in [5.41, 5.74) is 0.0863. The number of ketones is 1. The number of nitriles is 1. The molecule has 0 radical (unpaired) electrons. The van der Waals surface area contributed by atoms with Crippen LogP contribution in [0.25, 0.3) is 0 Å². The van der Waals surface area contributed by atoms with Crippen molar-refractivity contribution in [3.8, 4) is 6.07 Å². The lowest BCUT2D eigenvalue weighted by Gasteiger charge is -2.06. The van der Waals surface area contributed by atoms with E-state index in [-0.39, 0.29) is 17.0 Å². The molecule has 0 N–H and O–H groups in total. The molecule has 88 valence electrons. The highest BCUT2D eigenvalue weighted by atomic mass is 16.6. The Morgan fingerprint density at radius 1 is 1.59 bits per heavy atom. The number of non-ortho nitro benzene ring substituents is 1. The molecule has 0 aliphatic carbocycles. The van der Waals surface area contributed by atoms with E-state index in [0.717, 1.165) is 6.42 Å². The third kappa shape index (κ3) is 3.11. The zero-order valence-electron chi connectivity index (χ0n) is 9.42. The van der Waals surface area contributed by atoms with Crippen LogP contribution in [0.1, 0.15) is 30.1 Å². The van der Waals surface area contributed by atoms with Crippen LogP contribution >= 0.6 is 0 Å². The van der Waals surface area contributed by atoms with Gasteiger partial charge < -0.3 is 0 Å². The summed E-state index contributed by atoms with van der Waals surface area (Å²) in [6.45, 7) is 1.88. The van der Waals surface area contributed by atoms with E-state index in [4.69, 9.17) is 5.26 Å². The third-order valence-electron chi connectivity index (χ3n) is 2.39. The van der Waals surface area contributed by atoms with E-state index in [1.54, 1.807) is 0 Å². The highest BCUT2D eigenvalue weighted by Crippen LogP contribution is 2.18. The maximum absolute atomic E-state index is 11.9. The Morgan fingerprint density at radius 3 is 2.82 bits per heavy atom. The molecule has 1 unspecified atom stereocenters. The minimum absolute atomic E-state index is 0.135. The monoisotopic (exact) mass is 232 g/mol. The van der Waals surface area contributed by atoms with Crippen LogP contribution < -0.4 is 0 Å². The summed E-state index contributed by atoms with van der Waals surface area (Å²) >= 11 is 0. The number of benzene rings is 1. The zero-order valence-corrected chi connectivity index (χ0v) is 9.42. The number of Topliss-reactive ketones (excluding diaryl/α,β-unsaturated/α-hetero) is 1. The number of carbonyl (C=O) groups excluding carboxylic acids is 1. The van der Waals surface area contributed by atoms with Gasteiger partial charge in [-0.3, -0.25) is 14.9 Å². The first-order chi connectivity index (χ1) is 8.10. The molecule has 0 fully saturated rings. The number of hydrogen-bond acceptors (Lipinski definition) is 4. The molecule has 1 atom stereocenters. The van der Waals surface area contributed by atoms with Crippen LogP contribution in [0.5, 0.6) is 0 Å². The van der Waals surface area contributed by atoms with Gasteiger partial charge in [-0.1, -0.05) is 25.5 Å².